The second kappa shape index (κ2) is 11.7. The minimum absolute atomic E-state index is 0.156. The van der Waals surface area contributed by atoms with Crippen molar-refractivity contribution in [2.24, 2.45) is 0 Å². The summed E-state index contributed by atoms with van der Waals surface area (Å²) in [5.74, 6) is 0.366. The van der Waals surface area contributed by atoms with Crippen LogP contribution in [0.3, 0.4) is 0 Å². The van der Waals surface area contributed by atoms with Gasteiger partial charge in [-0.05, 0) is 45.0 Å². The largest absolute Gasteiger partial charge is 0.342 e. The average molecular weight is 541 g/mol. The Bertz CT molecular complexity index is 1350. The topological polar surface area (TPSA) is 102 Å². The predicted octanol–water partition coefficient (Wildman–Crippen LogP) is 5.61. The van der Waals surface area contributed by atoms with Crippen LogP contribution in [0.4, 0.5) is 5.13 Å². The van der Waals surface area contributed by atoms with Crippen LogP contribution in [0, 0.1) is 6.92 Å². The van der Waals surface area contributed by atoms with E-state index >= 15 is 0 Å². The Hall–Kier alpha value is -3.21. The predicted molar refractivity (Wildman–Crippen MR) is 145 cm³/mol. The van der Waals surface area contributed by atoms with E-state index in [1.807, 2.05) is 55.7 Å². The first-order valence-electron chi connectivity index (χ1n) is 11.3. The van der Waals surface area contributed by atoms with Gasteiger partial charge in [-0.3, -0.25) is 9.59 Å². The maximum Gasteiger partial charge on any atom is 0.251 e. The van der Waals surface area contributed by atoms with Crippen LogP contribution in [0.2, 0.25) is 5.02 Å². The zero-order valence-electron chi connectivity index (χ0n) is 20.0. The summed E-state index contributed by atoms with van der Waals surface area (Å²) in [5.41, 5.74) is 2.39. The lowest BCUT2D eigenvalue weighted by atomic mass is 10.1. The fraction of sp³-hybridized carbons (Fsp3) is 0.240. The van der Waals surface area contributed by atoms with Crippen LogP contribution < -0.4 is 10.6 Å². The van der Waals surface area contributed by atoms with Crippen LogP contribution in [-0.4, -0.2) is 37.3 Å². The molecule has 0 aliphatic carbocycles. The highest BCUT2D eigenvalue weighted by Crippen LogP contribution is 2.30. The molecule has 0 saturated heterocycles. The number of aromatic nitrogens is 4. The number of carbonyl (C=O) groups excluding carboxylic acids is 2. The Morgan fingerprint density at radius 3 is 2.53 bits per heavy atom. The van der Waals surface area contributed by atoms with Crippen molar-refractivity contribution in [3.63, 3.8) is 0 Å². The molecular weight excluding hydrogens is 516 g/mol. The van der Waals surface area contributed by atoms with Gasteiger partial charge in [-0.2, -0.15) is 0 Å². The quantitative estimate of drug-likeness (QED) is 0.268. The monoisotopic (exact) mass is 540 g/mol. The minimum Gasteiger partial charge on any atom is -0.342 e. The molecule has 2 aromatic carbocycles. The molecule has 2 aromatic heterocycles. The van der Waals surface area contributed by atoms with Gasteiger partial charge in [0.05, 0.1) is 17.5 Å². The Morgan fingerprint density at radius 1 is 1.11 bits per heavy atom. The third-order valence-corrected chi connectivity index (χ3v) is 7.43. The molecule has 0 unspecified atom stereocenters. The van der Waals surface area contributed by atoms with E-state index in [-0.39, 0.29) is 23.6 Å². The molecule has 11 heteroatoms. The lowest BCUT2D eigenvalue weighted by Gasteiger charge is -2.15. The summed E-state index contributed by atoms with van der Waals surface area (Å²) < 4.78 is 1.89. The summed E-state index contributed by atoms with van der Waals surface area (Å²) in [5, 5.41) is 16.1. The first-order chi connectivity index (χ1) is 17.4. The fourth-order valence-electron chi connectivity index (χ4n) is 3.57. The molecule has 1 atom stereocenters. The maximum atomic E-state index is 12.6. The first-order valence-corrected chi connectivity index (χ1v) is 13.5. The van der Waals surface area contributed by atoms with Gasteiger partial charge in [0.2, 0.25) is 5.91 Å². The van der Waals surface area contributed by atoms with Gasteiger partial charge < -0.3 is 15.2 Å². The van der Waals surface area contributed by atoms with Crippen molar-refractivity contribution in [1.82, 2.24) is 25.1 Å². The number of carbonyl (C=O) groups is 2. The zero-order valence-corrected chi connectivity index (χ0v) is 22.4. The van der Waals surface area contributed by atoms with E-state index in [0.29, 0.717) is 33.2 Å². The van der Waals surface area contributed by atoms with Crippen molar-refractivity contribution >= 4 is 51.6 Å². The number of hydrogen-bond acceptors (Lipinski definition) is 7. The molecule has 4 rings (SSSR count). The summed E-state index contributed by atoms with van der Waals surface area (Å²) in [6.45, 7) is 6.40. The van der Waals surface area contributed by atoms with Gasteiger partial charge in [-0.1, -0.05) is 53.7 Å². The molecule has 2 heterocycles. The zero-order chi connectivity index (χ0) is 25.7. The summed E-state index contributed by atoms with van der Waals surface area (Å²) in [6, 6.07) is 16.2. The minimum atomic E-state index is -0.376. The van der Waals surface area contributed by atoms with Crippen LogP contribution in [0.25, 0.3) is 11.3 Å². The number of amides is 2. The third kappa shape index (κ3) is 6.13. The molecule has 0 fully saturated rings. The number of aryl methyl sites for hydroxylation is 1. The van der Waals surface area contributed by atoms with Gasteiger partial charge >= 0.3 is 0 Å². The van der Waals surface area contributed by atoms with Crippen molar-refractivity contribution < 1.29 is 9.59 Å². The number of thiazole rings is 1. The summed E-state index contributed by atoms with van der Waals surface area (Å²) in [6.07, 6.45) is 0. The Labute approximate surface area is 222 Å². The SMILES string of the molecule is CCn1c(SCC(=O)Nc2nc(-c3ccccc3)c(C)s2)nnc1[C@H](C)NC(=O)c1ccc(Cl)cc1. The number of hydrogen-bond donors (Lipinski definition) is 2. The fourth-order valence-corrected chi connectivity index (χ4v) is 5.36. The summed E-state index contributed by atoms with van der Waals surface area (Å²) >= 11 is 8.64. The Morgan fingerprint density at radius 2 is 1.83 bits per heavy atom. The smallest absolute Gasteiger partial charge is 0.251 e. The molecular formula is C25H25ClN6O2S2. The van der Waals surface area contributed by atoms with E-state index in [4.69, 9.17) is 11.6 Å². The Kier molecular flexibility index (Phi) is 8.40. The molecule has 0 aliphatic heterocycles. The number of benzene rings is 2. The van der Waals surface area contributed by atoms with Crippen LogP contribution in [-0.2, 0) is 11.3 Å². The molecule has 0 bridgehead atoms. The van der Waals surface area contributed by atoms with E-state index in [1.54, 1.807) is 24.3 Å². The van der Waals surface area contributed by atoms with Crippen LogP contribution in [0.1, 0.15) is 40.9 Å². The van der Waals surface area contributed by atoms with Gasteiger partial charge in [0.1, 0.15) is 0 Å². The highest BCUT2D eigenvalue weighted by molar-refractivity contribution is 7.99. The van der Waals surface area contributed by atoms with Gasteiger partial charge in [0.25, 0.3) is 5.91 Å². The molecule has 0 spiro atoms. The van der Waals surface area contributed by atoms with Crippen molar-refractivity contribution in [3.05, 3.63) is 75.9 Å². The second-order valence-electron chi connectivity index (χ2n) is 7.91. The number of nitrogens with zero attached hydrogens (tertiary/aromatic N) is 4. The number of nitrogens with one attached hydrogen (secondary N) is 2. The van der Waals surface area contributed by atoms with E-state index in [2.05, 4.69) is 25.8 Å². The normalized spacial score (nSPS) is 11.8. The van der Waals surface area contributed by atoms with E-state index in [0.717, 1.165) is 16.1 Å². The van der Waals surface area contributed by atoms with Gasteiger partial charge in [0.15, 0.2) is 16.1 Å². The molecule has 186 valence electrons. The molecule has 4 aromatic rings. The summed E-state index contributed by atoms with van der Waals surface area (Å²) in [4.78, 5) is 30.8. The first kappa shape index (κ1) is 25.9. The van der Waals surface area contributed by atoms with Crippen molar-refractivity contribution in [3.8, 4) is 11.3 Å². The van der Waals surface area contributed by atoms with Crippen LogP contribution in [0.5, 0.6) is 0 Å². The third-order valence-electron chi connectivity index (χ3n) is 5.33. The number of thioether (sulfide) groups is 1. The second-order valence-corrected chi connectivity index (χ2v) is 10.5. The van der Waals surface area contributed by atoms with E-state index in [9.17, 15) is 9.59 Å². The van der Waals surface area contributed by atoms with Gasteiger partial charge in [0, 0.05) is 27.6 Å². The standard InChI is InChI=1S/C25H25ClN6O2S2/c1-4-32-22(15(2)27-23(34)18-10-12-19(26)13-11-18)30-31-25(32)35-14-20(33)28-24-29-21(16(3)36-24)17-8-6-5-7-9-17/h5-13,15H,4,14H2,1-3H3,(H,27,34)(H,28,29,33)/t15-/m0/s1. The highest BCUT2D eigenvalue weighted by Gasteiger charge is 2.20. The lowest BCUT2D eigenvalue weighted by molar-refractivity contribution is -0.113. The van der Waals surface area contributed by atoms with E-state index in [1.165, 1.54) is 23.1 Å². The van der Waals surface area contributed by atoms with Crippen LogP contribution >= 0.6 is 34.7 Å². The summed E-state index contributed by atoms with van der Waals surface area (Å²) in [7, 11) is 0. The highest BCUT2D eigenvalue weighted by atomic mass is 35.5. The molecule has 2 amide bonds. The molecule has 36 heavy (non-hydrogen) atoms. The molecule has 0 aliphatic rings. The number of halogens is 1. The average Bonchev–Trinajstić information content (AvgIpc) is 3.46. The molecule has 8 nitrogen and oxygen atoms in total. The molecule has 2 N–H and O–H groups in total. The van der Waals surface area contributed by atoms with Gasteiger partial charge in [-0.25, -0.2) is 4.98 Å². The number of anilines is 1. The van der Waals surface area contributed by atoms with Gasteiger partial charge in [-0.15, -0.1) is 21.5 Å². The number of rotatable bonds is 9. The maximum absolute atomic E-state index is 12.6. The molecule has 0 saturated carbocycles. The van der Waals surface area contributed by atoms with E-state index < -0.39 is 0 Å². The van der Waals surface area contributed by atoms with Crippen molar-refractivity contribution in [2.75, 3.05) is 11.1 Å². The Balaban J connectivity index is 1.37. The van der Waals surface area contributed by atoms with Crippen molar-refractivity contribution in [2.45, 2.75) is 38.5 Å². The molecule has 0 radical (unpaired) electrons. The van der Waals surface area contributed by atoms with Crippen molar-refractivity contribution in [1.29, 1.82) is 0 Å². The lowest BCUT2D eigenvalue weighted by Crippen LogP contribution is -2.28. The van der Waals surface area contributed by atoms with Crippen LogP contribution in [0.15, 0.2) is 59.8 Å².